The van der Waals surface area contributed by atoms with Crippen LogP contribution in [0.4, 0.5) is 0 Å². The van der Waals surface area contributed by atoms with Crippen molar-refractivity contribution in [3.05, 3.63) is 97.7 Å². The third-order valence-electron chi connectivity index (χ3n) is 4.39. The highest BCUT2D eigenvalue weighted by Gasteiger charge is 2.11. The van der Waals surface area contributed by atoms with Crippen LogP contribution >= 0.6 is 46.4 Å². The van der Waals surface area contributed by atoms with Crippen LogP contribution in [0.15, 0.2) is 60.7 Å². The lowest BCUT2D eigenvalue weighted by Crippen LogP contribution is -2.03. The number of fused-ring (bicyclic) bond motifs is 1. The van der Waals surface area contributed by atoms with Gasteiger partial charge in [0.2, 0.25) is 0 Å². The molecule has 0 amide bonds. The van der Waals surface area contributed by atoms with E-state index >= 15 is 0 Å². The van der Waals surface area contributed by atoms with Crippen molar-refractivity contribution in [3.8, 4) is 0 Å². The lowest BCUT2D eigenvalue weighted by Gasteiger charge is -2.10. The number of para-hydroxylation sites is 2. The third kappa shape index (κ3) is 4.06. The van der Waals surface area contributed by atoms with E-state index in [1.807, 2.05) is 54.6 Å². The first-order valence-electron chi connectivity index (χ1n) is 8.53. The molecule has 6 heteroatoms. The van der Waals surface area contributed by atoms with Crippen LogP contribution < -0.4 is 0 Å². The molecule has 28 heavy (non-hydrogen) atoms. The second-order valence-corrected chi connectivity index (χ2v) is 7.97. The number of nitrogens with zero attached hydrogens (tertiary/aromatic N) is 2. The molecule has 0 bridgehead atoms. The molecule has 0 aliphatic carbocycles. The van der Waals surface area contributed by atoms with Crippen molar-refractivity contribution in [1.82, 2.24) is 9.55 Å². The fraction of sp³-hybridized carbons (Fsp3) is 0.0455. The van der Waals surface area contributed by atoms with E-state index in [0.29, 0.717) is 26.6 Å². The van der Waals surface area contributed by atoms with Crippen LogP contribution in [-0.2, 0) is 6.54 Å². The number of hydrogen-bond acceptors (Lipinski definition) is 1. The topological polar surface area (TPSA) is 17.8 Å². The van der Waals surface area contributed by atoms with Gasteiger partial charge in [-0.05, 0) is 65.7 Å². The van der Waals surface area contributed by atoms with Gasteiger partial charge in [-0.2, -0.15) is 0 Å². The first kappa shape index (κ1) is 19.4. The minimum Gasteiger partial charge on any atom is -0.320 e. The zero-order valence-electron chi connectivity index (χ0n) is 14.5. The zero-order chi connectivity index (χ0) is 19.7. The highest BCUT2D eigenvalue weighted by Crippen LogP contribution is 2.26. The molecule has 0 aliphatic heterocycles. The van der Waals surface area contributed by atoms with E-state index in [2.05, 4.69) is 4.57 Å². The maximum Gasteiger partial charge on any atom is 0.134 e. The number of benzene rings is 3. The predicted octanol–water partition coefficient (Wildman–Crippen LogP) is 7.87. The summed E-state index contributed by atoms with van der Waals surface area (Å²) in [7, 11) is 0. The van der Waals surface area contributed by atoms with Crippen molar-refractivity contribution in [1.29, 1.82) is 0 Å². The minimum atomic E-state index is 0.550. The number of imidazole rings is 1. The van der Waals surface area contributed by atoms with Crippen LogP contribution in [0.2, 0.25) is 20.1 Å². The average molecular weight is 448 g/mol. The summed E-state index contributed by atoms with van der Waals surface area (Å²) in [4.78, 5) is 4.75. The van der Waals surface area contributed by atoms with E-state index in [1.165, 1.54) is 0 Å². The summed E-state index contributed by atoms with van der Waals surface area (Å²) in [5.41, 5.74) is 3.71. The lowest BCUT2D eigenvalue weighted by atomic mass is 10.2. The molecule has 0 aliphatic rings. The molecular weight excluding hydrogens is 434 g/mol. The first-order valence-corrected chi connectivity index (χ1v) is 10.0. The fourth-order valence-electron chi connectivity index (χ4n) is 3.02. The van der Waals surface area contributed by atoms with Gasteiger partial charge in [-0.25, -0.2) is 4.98 Å². The van der Waals surface area contributed by atoms with Crippen molar-refractivity contribution in [3.63, 3.8) is 0 Å². The van der Waals surface area contributed by atoms with E-state index in [4.69, 9.17) is 51.4 Å². The van der Waals surface area contributed by atoms with Gasteiger partial charge in [0.15, 0.2) is 0 Å². The Morgan fingerprint density at radius 2 is 1.54 bits per heavy atom. The Labute approximate surface area is 182 Å². The molecule has 2 nitrogen and oxygen atoms in total. The molecule has 0 atom stereocenters. The van der Waals surface area contributed by atoms with E-state index in [1.54, 1.807) is 18.2 Å². The van der Waals surface area contributed by atoms with Crippen LogP contribution in [0, 0.1) is 0 Å². The Hall–Kier alpha value is -1.97. The number of hydrogen-bond donors (Lipinski definition) is 0. The van der Waals surface area contributed by atoms with Gasteiger partial charge in [0, 0.05) is 20.1 Å². The van der Waals surface area contributed by atoms with E-state index < -0.39 is 0 Å². The number of aromatic nitrogens is 2. The van der Waals surface area contributed by atoms with Crippen molar-refractivity contribution in [2.75, 3.05) is 0 Å². The fourth-order valence-corrected chi connectivity index (χ4v) is 3.87. The van der Waals surface area contributed by atoms with Gasteiger partial charge in [0.1, 0.15) is 5.82 Å². The molecular formula is C22H14Cl4N2. The maximum absolute atomic E-state index is 6.38. The molecule has 140 valence electrons. The summed E-state index contributed by atoms with van der Waals surface area (Å²) in [5, 5.41) is 2.50. The van der Waals surface area contributed by atoms with Crippen LogP contribution in [0.5, 0.6) is 0 Å². The smallest absolute Gasteiger partial charge is 0.134 e. The molecule has 0 saturated carbocycles. The van der Waals surface area contributed by atoms with Gasteiger partial charge in [-0.1, -0.05) is 64.6 Å². The summed E-state index contributed by atoms with van der Waals surface area (Å²) in [5.74, 6) is 0.795. The molecule has 0 radical (unpaired) electrons. The van der Waals surface area contributed by atoms with Gasteiger partial charge in [-0.3, -0.25) is 0 Å². The largest absolute Gasteiger partial charge is 0.320 e. The van der Waals surface area contributed by atoms with Crippen LogP contribution in [0.3, 0.4) is 0 Å². The summed E-state index contributed by atoms with van der Waals surface area (Å²) in [6.45, 7) is 0.550. The molecule has 3 aromatic carbocycles. The Kier molecular flexibility index (Phi) is 5.65. The molecule has 4 rings (SSSR count). The van der Waals surface area contributed by atoms with Gasteiger partial charge in [0.05, 0.1) is 17.6 Å². The second kappa shape index (κ2) is 8.18. The van der Waals surface area contributed by atoms with Crippen LogP contribution in [-0.4, -0.2) is 9.55 Å². The summed E-state index contributed by atoms with van der Waals surface area (Å²) < 4.78 is 2.10. The maximum atomic E-state index is 6.38. The highest BCUT2D eigenvalue weighted by molar-refractivity contribution is 6.35. The molecule has 0 N–H and O–H groups in total. The van der Waals surface area contributed by atoms with E-state index in [-0.39, 0.29) is 0 Å². The summed E-state index contributed by atoms with van der Waals surface area (Å²) in [6.07, 6.45) is 3.86. The number of rotatable bonds is 4. The number of halogens is 4. The quantitative estimate of drug-likeness (QED) is 0.311. The van der Waals surface area contributed by atoms with Gasteiger partial charge >= 0.3 is 0 Å². The van der Waals surface area contributed by atoms with Crippen molar-refractivity contribution >= 4 is 69.6 Å². The Bertz CT molecular complexity index is 1190. The Balaban J connectivity index is 1.79. The molecule has 1 aromatic heterocycles. The lowest BCUT2D eigenvalue weighted by molar-refractivity contribution is 0.814. The summed E-state index contributed by atoms with van der Waals surface area (Å²) in [6, 6.07) is 18.8. The van der Waals surface area contributed by atoms with Gasteiger partial charge < -0.3 is 4.57 Å². The van der Waals surface area contributed by atoms with Gasteiger partial charge in [0.25, 0.3) is 0 Å². The van der Waals surface area contributed by atoms with Crippen LogP contribution in [0.1, 0.15) is 17.0 Å². The third-order valence-corrected chi connectivity index (χ3v) is 5.56. The highest BCUT2D eigenvalue weighted by atomic mass is 35.5. The summed E-state index contributed by atoms with van der Waals surface area (Å²) >= 11 is 24.8. The normalized spacial score (nSPS) is 11.6. The minimum absolute atomic E-state index is 0.550. The average Bonchev–Trinajstić information content (AvgIpc) is 3.02. The van der Waals surface area contributed by atoms with E-state index in [0.717, 1.165) is 28.0 Å². The zero-order valence-corrected chi connectivity index (χ0v) is 17.6. The molecule has 0 saturated heterocycles. The first-order chi connectivity index (χ1) is 13.5. The van der Waals surface area contributed by atoms with E-state index in [9.17, 15) is 0 Å². The Morgan fingerprint density at radius 3 is 2.36 bits per heavy atom. The van der Waals surface area contributed by atoms with Gasteiger partial charge in [-0.15, -0.1) is 0 Å². The van der Waals surface area contributed by atoms with Crippen molar-refractivity contribution < 1.29 is 0 Å². The van der Waals surface area contributed by atoms with Crippen LogP contribution in [0.25, 0.3) is 23.2 Å². The molecule has 4 aromatic rings. The predicted molar refractivity (Wildman–Crippen MR) is 121 cm³/mol. The standard InChI is InChI=1S/C22H14Cl4N2/c23-16-8-9-18(25)15(11-16)13-28-21-4-2-1-3-20(21)27-22(28)10-6-14-5-7-17(24)12-19(14)26/h1-12H,13H2. The molecule has 0 spiro atoms. The molecule has 0 unspecified atom stereocenters. The second-order valence-electron chi connectivity index (χ2n) is 6.28. The molecule has 1 heterocycles. The Morgan fingerprint density at radius 1 is 0.786 bits per heavy atom. The van der Waals surface area contributed by atoms with Crippen molar-refractivity contribution in [2.45, 2.75) is 6.54 Å². The SMILES string of the molecule is Clc1ccc(C=Cc2nc3ccccc3n2Cc2cc(Cl)ccc2Cl)c(Cl)c1. The monoisotopic (exact) mass is 446 g/mol. The van der Waals surface area contributed by atoms with Crippen molar-refractivity contribution in [2.24, 2.45) is 0 Å². The molecule has 0 fully saturated rings.